The van der Waals surface area contributed by atoms with Gasteiger partial charge in [0.2, 0.25) is 5.91 Å². The third-order valence-electron chi connectivity index (χ3n) is 2.26. The van der Waals surface area contributed by atoms with Crippen LogP contribution in [-0.2, 0) is 4.79 Å². The van der Waals surface area contributed by atoms with Gasteiger partial charge < -0.3 is 15.3 Å². The van der Waals surface area contributed by atoms with Crippen molar-refractivity contribution in [3.8, 4) is 11.5 Å². The zero-order valence-corrected chi connectivity index (χ0v) is 10.8. The number of anilines is 1. The largest absolute Gasteiger partial charge is 0.618 e. The molecule has 1 amide bonds. The third kappa shape index (κ3) is 3.59. The molecule has 19 heavy (non-hydrogen) atoms. The average molecular weight is 279 g/mol. The predicted molar refractivity (Wildman–Crippen MR) is 71.2 cm³/mol. The first-order valence-electron chi connectivity index (χ1n) is 5.49. The lowest BCUT2D eigenvalue weighted by molar-refractivity contribution is -0.603. The standard InChI is InChI=1S/C13H11ClN2O3/c1-9(17)15-10-2-4-11(5-3-10)19-12-6-7-16(18)13(14)8-12/h2-8H,1H3,(H,15,17). The number of hydrogen-bond donors (Lipinski definition) is 1. The van der Waals surface area contributed by atoms with Crippen LogP contribution in [0.1, 0.15) is 6.92 Å². The second-order valence-corrected chi connectivity index (χ2v) is 4.21. The van der Waals surface area contributed by atoms with Crippen molar-refractivity contribution in [2.75, 3.05) is 5.32 Å². The molecule has 0 aliphatic rings. The van der Waals surface area contributed by atoms with Crippen LogP contribution in [0.2, 0.25) is 5.15 Å². The number of carbonyl (C=O) groups is 1. The van der Waals surface area contributed by atoms with E-state index in [-0.39, 0.29) is 11.1 Å². The van der Waals surface area contributed by atoms with Gasteiger partial charge in [-0.3, -0.25) is 4.79 Å². The van der Waals surface area contributed by atoms with Crippen LogP contribution in [0.3, 0.4) is 0 Å². The van der Waals surface area contributed by atoms with Crippen molar-refractivity contribution in [2.24, 2.45) is 0 Å². The van der Waals surface area contributed by atoms with Gasteiger partial charge in [-0.25, -0.2) is 0 Å². The Hall–Kier alpha value is -2.27. The Morgan fingerprint density at radius 1 is 1.26 bits per heavy atom. The fourth-order valence-electron chi connectivity index (χ4n) is 1.45. The van der Waals surface area contributed by atoms with Crippen LogP contribution in [0.4, 0.5) is 5.69 Å². The van der Waals surface area contributed by atoms with E-state index in [0.29, 0.717) is 21.9 Å². The summed E-state index contributed by atoms with van der Waals surface area (Å²) in [5.41, 5.74) is 0.684. The van der Waals surface area contributed by atoms with Gasteiger partial charge in [-0.1, -0.05) is 0 Å². The predicted octanol–water partition coefficient (Wildman–Crippen LogP) is 2.72. The van der Waals surface area contributed by atoms with E-state index in [0.717, 1.165) is 0 Å². The Morgan fingerprint density at radius 3 is 2.53 bits per heavy atom. The van der Waals surface area contributed by atoms with E-state index in [1.807, 2.05) is 0 Å². The lowest BCUT2D eigenvalue weighted by atomic mass is 10.3. The molecular weight excluding hydrogens is 268 g/mol. The average Bonchev–Trinajstić information content (AvgIpc) is 2.36. The van der Waals surface area contributed by atoms with E-state index in [9.17, 15) is 10.0 Å². The lowest BCUT2D eigenvalue weighted by Gasteiger charge is -2.07. The first kappa shape index (κ1) is 13.2. The summed E-state index contributed by atoms with van der Waals surface area (Å²) in [6.45, 7) is 1.44. The van der Waals surface area contributed by atoms with Gasteiger partial charge >= 0.3 is 0 Å². The molecule has 0 bridgehead atoms. The van der Waals surface area contributed by atoms with Crippen molar-refractivity contribution >= 4 is 23.2 Å². The van der Waals surface area contributed by atoms with Gasteiger partial charge in [0.1, 0.15) is 11.5 Å². The zero-order chi connectivity index (χ0) is 13.8. The van der Waals surface area contributed by atoms with E-state index >= 15 is 0 Å². The molecule has 2 aromatic rings. The molecule has 2 rings (SSSR count). The van der Waals surface area contributed by atoms with Crippen LogP contribution in [0, 0.1) is 5.21 Å². The molecule has 1 heterocycles. The Labute approximate surface area is 115 Å². The number of ether oxygens (including phenoxy) is 1. The highest BCUT2D eigenvalue weighted by Gasteiger charge is 2.05. The van der Waals surface area contributed by atoms with Crippen LogP contribution in [0.15, 0.2) is 42.6 Å². The maximum atomic E-state index is 11.1. The number of pyridine rings is 1. The Balaban J connectivity index is 2.10. The van der Waals surface area contributed by atoms with E-state index < -0.39 is 0 Å². The number of aromatic nitrogens is 1. The molecule has 1 aromatic heterocycles. The molecular formula is C13H11ClN2O3. The van der Waals surface area contributed by atoms with Crippen molar-refractivity contribution in [1.29, 1.82) is 0 Å². The summed E-state index contributed by atoms with van der Waals surface area (Å²) >= 11 is 5.69. The lowest BCUT2D eigenvalue weighted by Crippen LogP contribution is -2.26. The summed E-state index contributed by atoms with van der Waals surface area (Å²) < 4.78 is 6.06. The molecule has 0 saturated carbocycles. The number of benzene rings is 1. The Bertz CT molecular complexity index is 599. The maximum absolute atomic E-state index is 11.1. The molecule has 0 atom stereocenters. The highest BCUT2D eigenvalue weighted by Crippen LogP contribution is 2.23. The maximum Gasteiger partial charge on any atom is 0.289 e. The van der Waals surface area contributed by atoms with Gasteiger partial charge in [-0.05, 0) is 35.9 Å². The molecule has 6 heteroatoms. The molecule has 1 aromatic carbocycles. The van der Waals surface area contributed by atoms with E-state index in [1.54, 1.807) is 24.3 Å². The number of rotatable bonds is 3. The summed E-state index contributed by atoms with van der Waals surface area (Å²) in [6, 6.07) is 9.79. The molecule has 0 spiro atoms. The first-order chi connectivity index (χ1) is 9.04. The fourth-order valence-corrected chi connectivity index (χ4v) is 1.61. The second-order valence-electron chi connectivity index (χ2n) is 3.82. The van der Waals surface area contributed by atoms with Gasteiger partial charge in [0.15, 0.2) is 6.20 Å². The van der Waals surface area contributed by atoms with Gasteiger partial charge in [0, 0.05) is 18.7 Å². The molecule has 0 aliphatic carbocycles. The van der Waals surface area contributed by atoms with Gasteiger partial charge in [0.05, 0.1) is 6.07 Å². The second kappa shape index (κ2) is 5.58. The number of carbonyl (C=O) groups excluding carboxylic acids is 1. The van der Waals surface area contributed by atoms with E-state index in [1.165, 1.54) is 25.3 Å². The number of nitrogens with zero attached hydrogens (tertiary/aromatic N) is 1. The zero-order valence-electron chi connectivity index (χ0n) is 10.1. The smallest absolute Gasteiger partial charge is 0.289 e. The normalized spacial score (nSPS) is 10.0. The highest BCUT2D eigenvalue weighted by atomic mass is 35.5. The van der Waals surface area contributed by atoms with Crippen molar-refractivity contribution in [3.05, 3.63) is 53.0 Å². The van der Waals surface area contributed by atoms with Crippen molar-refractivity contribution in [1.82, 2.24) is 0 Å². The molecule has 1 N–H and O–H groups in total. The number of amides is 1. The van der Waals surface area contributed by atoms with Crippen molar-refractivity contribution < 1.29 is 14.3 Å². The Kier molecular flexibility index (Phi) is 3.87. The van der Waals surface area contributed by atoms with Gasteiger partial charge in [0.25, 0.3) is 5.15 Å². The molecule has 0 aliphatic heterocycles. The summed E-state index contributed by atoms with van der Waals surface area (Å²) in [6.07, 6.45) is 1.27. The molecule has 0 unspecified atom stereocenters. The van der Waals surface area contributed by atoms with Gasteiger partial charge in [-0.2, -0.15) is 4.73 Å². The van der Waals surface area contributed by atoms with Crippen molar-refractivity contribution in [2.45, 2.75) is 6.92 Å². The van der Waals surface area contributed by atoms with E-state index in [2.05, 4.69) is 5.32 Å². The SMILES string of the molecule is CC(=O)Nc1ccc(Oc2cc[n+]([O-])c(Cl)c2)cc1. The minimum Gasteiger partial charge on any atom is -0.618 e. The monoisotopic (exact) mass is 278 g/mol. The van der Waals surface area contributed by atoms with Crippen LogP contribution >= 0.6 is 11.6 Å². The number of nitrogens with one attached hydrogen (secondary N) is 1. The Morgan fingerprint density at radius 2 is 1.95 bits per heavy atom. The molecule has 5 nitrogen and oxygen atoms in total. The van der Waals surface area contributed by atoms with E-state index in [4.69, 9.17) is 16.3 Å². The first-order valence-corrected chi connectivity index (χ1v) is 5.86. The van der Waals surface area contributed by atoms with Crippen LogP contribution in [0.25, 0.3) is 0 Å². The minimum absolute atomic E-state index is 0.0346. The van der Waals surface area contributed by atoms with Crippen LogP contribution in [0.5, 0.6) is 11.5 Å². The van der Waals surface area contributed by atoms with Crippen LogP contribution < -0.4 is 14.8 Å². The quantitative estimate of drug-likeness (QED) is 0.533. The molecule has 0 fully saturated rings. The molecule has 0 saturated heterocycles. The van der Waals surface area contributed by atoms with Crippen LogP contribution in [-0.4, -0.2) is 5.91 Å². The summed E-state index contributed by atoms with van der Waals surface area (Å²) in [7, 11) is 0. The summed E-state index contributed by atoms with van der Waals surface area (Å²) in [4.78, 5) is 10.9. The third-order valence-corrected chi connectivity index (χ3v) is 2.53. The summed E-state index contributed by atoms with van der Waals surface area (Å²) in [5, 5.41) is 13.7. The molecule has 0 radical (unpaired) electrons. The van der Waals surface area contributed by atoms with Gasteiger partial charge in [-0.15, -0.1) is 0 Å². The number of hydrogen-bond acceptors (Lipinski definition) is 3. The molecule has 98 valence electrons. The summed E-state index contributed by atoms with van der Waals surface area (Å²) in [5.74, 6) is 0.904. The topological polar surface area (TPSA) is 65.3 Å². The highest BCUT2D eigenvalue weighted by molar-refractivity contribution is 6.28. The number of halogens is 1. The minimum atomic E-state index is -0.136. The van der Waals surface area contributed by atoms with Crippen molar-refractivity contribution in [3.63, 3.8) is 0 Å². The fraction of sp³-hybridized carbons (Fsp3) is 0.0769.